The van der Waals surface area contributed by atoms with Crippen LogP contribution < -0.4 is 9.03 Å². The van der Waals surface area contributed by atoms with Gasteiger partial charge in [0.25, 0.3) is 0 Å². The number of benzene rings is 2. The van der Waals surface area contributed by atoms with Gasteiger partial charge in [0.2, 0.25) is 20.0 Å². The molecule has 0 unspecified atom stereocenters. The Morgan fingerprint density at radius 2 is 1.88 bits per heavy atom. The Kier molecular flexibility index (Phi) is 5.19. The predicted octanol–water partition coefficient (Wildman–Crippen LogP) is 2.35. The number of sulfonamides is 2. The van der Waals surface area contributed by atoms with Gasteiger partial charge in [0.1, 0.15) is 5.82 Å². The van der Waals surface area contributed by atoms with Crippen LogP contribution in [-0.4, -0.2) is 34.9 Å². The molecule has 0 amide bonds. The molecule has 2 aromatic carbocycles. The number of nitrogens with zero attached hydrogens (tertiary/aromatic N) is 1. The zero-order chi connectivity index (χ0) is 18.8. The minimum atomic E-state index is -3.70. The molecule has 0 saturated carbocycles. The Bertz CT molecular complexity index is 1010. The summed E-state index contributed by atoms with van der Waals surface area (Å²) >= 11 is 0. The van der Waals surface area contributed by atoms with E-state index in [-0.39, 0.29) is 23.6 Å². The van der Waals surface area contributed by atoms with Crippen molar-refractivity contribution in [1.29, 1.82) is 0 Å². The number of anilines is 2. The molecule has 0 atom stereocenters. The number of nitrogens with one attached hydrogen (secondary N) is 1. The summed E-state index contributed by atoms with van der Waals surface area (Å²) in [5.74, 6) is -0.630. The van der Waals surface area contributed by atoms with E-state index in [0.29, 0.717) is 24.2 Å². The van der Waals surface area contributed by atoms with Crippen molar-refractivity contribution in [1.82, 2.24) is 0 Å². The Morgan fingerprint density at radius 1 is 1.12 bits per heavy atom. The molecule has 0 bridgehead atoms. The van der Waals surface area contributed by atoms with Crippen LogP contribution in [0.4, 0.5) is 15.8 Å². The van der Waals surface area contributed by atoms with Gasteiger partial charge in [-0.3, -0.25) is 9.03 Å². The van der Waals surface area contributed by atoms with Crippen LogP contribution in [-0.2, 0) is 26.5 Å². The molecule has 0 spiro atoms. The lowest BCUT2D eigenvalue weighted by atomic mass is 10.2. The molecule has 1 heterocycles. The molecule has 3 rings (SSSR count). The third-order valence-corrected chi connectivity index (χ3v) is 7.26. The van der Waals surface area contributed by atoms with Crippen LogP contribution in [0.3, 0.4) is 0 Å². The number of hydrogen-bond donors (Lipinski definition) is 1. The Morgan fingerprint density at radius 3 is 2.58 bits per heavy atom. The maximum atomic E-state index is 13.6. The van der Waals surface area contributed by atoms with Gasteiger partial charge in [0.05, 0.1) is 22.9 Å². The molecular formula is C17H19FN2O4S2. The van der Waals surface area contributed by atoms with E-state index in [1.807, 2.05) is 0 Å². The molecule has 1 aliphatic heterocycles. The molecule has 9 heteroatoms. The minimum Gasteiger partial charge on any atom is -0.283 e. The van der Waals surface area contributed by atoms with Gasteiger partial charge in [-0.1, -0.05) is 24.3 Å². The van der Waals surface area contributed by atoms with E-state index >= 15 is 0 Å². The van der Waals surface area contributed by atoms with Crippen LogP contribution in [0.1, 0.15) is 12.0 Å². The normalized spacial score (nSPS) is 16.6. The first-order chi connectivity index (χ1) is 12.3. The number of halogens is 1. The van der Waals surface area contributed by atoms with Gasteiger partial charge in [-0.15, -0.1) is 0 Å². The fourth-order valence-corrected chi connectivity index (χ4v) is 5.46. The second-order valence-corrected chi connectivity index (χ2v) is 9.91. The van der Waals surface area contributed by atoms with Gasteiger partial charge in [-0.2, -0.15) is 0 Å². The highest BCUT2D eigenvalue weighted by molar-refractivity contribution is 7.93. The summed E-state index contributed by atoms with van der Waals surface area (Å²) in [6.07, 6.45) is 0.586. The lowest BCUT2D eigenvalue weighted by Gasteiger charge is -2.18. The van der Waals surface area contributed by atoms with E-state index in [2.05, 4.69) is 4.72 Å². The van der Waals surface area contributed by atoms with Gasteiger partial charge < -0.3 is 0 Å². The van der Waals surface area contributed by atoms with E-state index in [1.165, 1.54) is 16.4 Å². The average Bonchev–Trinajstić information content (AvgIpc) is 2.93. The van der Waals surface area contributed by atoms with Gasteiger partial charge in [0, 0.05) is 6.54 Å². The molecule has 140 valence electrons. The maximum Gasteiger partial charge on any atom is 0.235 e. The van der Waals surface area contributed by atoms with E-state index in [9.17, 15) is 21.2 Å². The first kappa shape index (κ1) is 18.7. The molecule has 0 aliphatic carbocycles. The van der Waals surface area contributed by atoms with Gasteiger partial charge >= 0.3 is 0 Å². The Balaban J connectivity index is 1.72. The van der Waals surface area contributed by atoms with Crippen LogP contribution in [0.2, 0.25) is 0 Å². The van der Waals surface area contributed by atoms with Crippen LogP contribution in [0.25, 0.3) is 0 Å². The standard InChI is InChI=1S/C17H19FN2O4S2/c18-17-8-2-1-5-14(17)9-12-25(21,22)19-15-6-3-7-16(13-15)20-10-4-11-26(20,23)24/h1-3,5-8,13,19H,4,9-12H2. The van der Waals surface area contributed by atoms with Crippen LogP contribution >= 0.6 is 0 Å². The molecule has 0 radical (unpaired) electrons. The molecule has 1 saturated heterocycles. The highest BCUT2D eigenvalue weighted by atomic mass is 32.2. The summed E-state index contributed by atoms with van der Waals surface area (Å²) in [6, 6.07) is 12.3. The zero-order valence-corrected chi connectivity index (χ0v) is 15.6. The van der Waals surface area contributed by atoms with Crippen molar-refractivity contribution in [3.63, 3.8) is 0 Å². The summed E-state index contributed by atoms with van der Waals surface area (Å²) in [4.78, 5) is 0. The Hall–Kier alpha value is -2.13. The quantitative estimate of drug-likeness (QED) is 0.810. The summed E-state index contributed by atoms with van der Waals surface area (Å²) in [7, 11) is -7.04. The maximum absolute atomic E-state index is 13.6. The van der Waals surface area contributed by atoms with Crippen LogP contribution in [0.5, 0.6) is 0 Å². The molecule has 2 aromatic rings. The van der Waals surface area contributed by atoms with E-state index in [4.69, 9.17) is 0 Å². The van der Waals surface area contributed by atoms with Gasteiger partial charge in [0.15, 0.2) is 0 Å². The first-order valence-corrected chi connectivity index (χ1v) is 11.4. The van der Waals surface area contributed by atoms with Crippen molar-refractivity contribution < 1.29 is 21.2 Å². The van der Waals surface area contributed by atoms with Crippen molar-refractivity contribution in [2.45, 2.75) is 12.8 Å². The SMILES string of the molecule is O=S(=O)(CCc1ccccc1F)Nc1cccc(N2CCCS2(=O)=O)c1. The second-order valence-electron chi connectivity index (χ2n) is 6.05. The summed E-state index contributed by atoms with van der Waals surface area (Å²) in [6.45, 7) is 0.381. The van der Waals surface area contributed by atoms with E-state index < -0.39 is 25.9 Å². The summed E-state index contributed by atoms with van der Waals surface area (Å²) in [5.41, 5.74) is 1.03. The van der Waals surface area contributed by atoms with Crippen molar-refractivity contribution in [3.05, 3.63) is 59.9 Å². The molecule has 6 nitrogen and oxygen atoms in total. The molecule has 0 aromatic heterocycles. The van der Waals surface area contributed by atoms with Crippen molar-refractivity contribution in [2.24, 2.45) is 0 Å². The fourth-order valence-electron chi connectivity index (χ4n) is 2.83. The van der Waals surface area contributed by atoms with E-state index in [1.54, 1.807) is 36.4 Å². The summed E-state index contributed by atoms with van der Waals surface area (Å²) in [5, 5.41) is 0. The van der Waals surface area contributed by atoms with Gasteiger partial charge in [-0.25, -0.2) is 21.2 Å². The first-order valence-electron chi connectivity index (χ1n) is 8.11. The van der Waals surface area contributed by atoms with E-state index in [0.717, 1.165) is 0 Å². The van der Waals surface area contributed by atoms with Crippen molar-refractivity contribution >= 4 is 31.4 Å². The number of aryl methyl sites for hydroxylation is 1. The Labute approximate surface area is 152 Å². The molecule has 1 aliphatic rings. The fraction of sp³-hybridized carbons (Fsp3) is 0.294. The third-order valence-electron chi connectivity index (χ3n) is 4.10. The lowest BCUT2D eigenvalue weighted by molar-refractivity contribution is 0.595. The lowest BCUT2D eigenvalue weighted by Crippen LogP contribution is -2.25. The predicted molar refractivity (Wildman–Crippen MR) is 99.7 cm³/mol. The summed E-state index contributed by atoms with van der Waals surface area (Å²) < 4.78 is 65.9. The van der Waals surface area contributed by atoms with Crippen molar-refractivity contribution in [3.8, 4) is 0 Å². The van der Waals surface area contributed by atoms with Crippen LogP contribution in [0.15, 0.2) is 48.5 Å². The average molecular weight is 398 g/mol. The monoisotopic (exact) mass is 398 g/mol. The minimum absolute atomic E-state index is 0.0439. The molecular weight excluding hydrogens is 379 g/mol. The van der Waals surface area contributed by atoms with Gasteiger partial charge in [-0.05, 0) is 42.7 Å². The number of rotatable bonds is 6. The highest BCUT2D eigenvalue weighted by Crippen LogP contribution is 2.26. The van der Waals surface area contributed by atoms with Crippen LogP contribution in [0, 0.1) is 5.82 Å². The number of hydrogen-bond acceptors (Lipinski definition) is 4. The molecule has 1 fully saturated rings. The van der Waals surface area contributed by atoms with Crippen molar-refractivity contribution in [2.75, 3.05) is 27.1 Å². The topological polar surface area (TPSA) is 83.6 Å². The molecule has 1 N–H and O–H groups in total. The largest absolute Gasteiger partial charge is 0.283 e. The third kappa shape index (κ3) is 4.34. The smallest absolute Gasteiger partial charge is 0.235 e. The second kappa shape index (κ2) is 7.24. The molecule has 26 heavy (non-hydrogen) atoms. The zero-order valence-electron chi connectivity index (χ0n) is 13.9. The highest BCUT2D eigenvalue weighted by Gasteiger charge is 2.28.